The molecule has 1 aromatic heterocycles. The number of carbonyl (C=O) groups is 1. The summed E-state index contributed by atoms with van der Waals surface area (Å²) in [7, 11) is -3.42. The van der Waals surface area contributed by atoms with E-state index in [9.17, 15) is 31.5 Å². The molecule has 0 radical (unpaired) electrons. The Labute approximate surface area is 182 Å². The summed E-state index contributed by atoms with van der Waals surface area (Å²) in [5.41, 5.74) is -0.559. The molecule has 1 heterocycles. The third kappa shape index (κ3) is 4.86. The highest BCUT2D eigenvalue weighted by molar-refractivity contribution is 7.90. The van der Waals surface area contributed by atoms with Gasteiger partial charge in [-0.2, -0.15) is 13.2 Å². The van der Waals surface area contributed by atoms with Gasteiger partial charge < -0.3 is 14.4 Å². The fourth-order valence-electron chi connectivity index (χ4n) is 3.36. The first-order chi connectivity index (χ1) is 14.9. The van der Waals surface area contributed by atoms with Crippen LogP contribution in [0.2, 0.25) is 0 Å². The molecule has 32 heavy (non-hydrogen) atoms. The Bertz CT molecular complexity index is 1250. The van der Waals surface area contributed by atoms with E-state index in [2.05, 4.69) is 0 Å². The second-order valence-corrected chi connectivity index (χ2v) is 9.13. The van der Waals surface area contributed by atoms with Gasteiger partial charge in [0.15, 0.2) is 9.84 Å². The summed E-state index contributed by atoms with van der Waals surface area (Å²) in [6.07, 6.45) is -2.23. The first-order valence-electron chi connectivity index (χ1n) is 9.43. The molecule has 1 N–H and O–H groups in total. The number of hydrogen-bond acceptors (Lipinski definition) is 5. The van der Waals surface area contributed by atoms with Gasteiger partial charge in [0, 0.05) is 24.6 Å². The van der Waals surface area contributed by atoms with Crippen molar-refractivity contribution in [1.29, 1.82) is 0 Å². The van der Waals surface area contributed by atoms with Gasteiger partial charge in [0.2, 0.25) is 0 Å². The maximum absolute atomic E-state index is 13.6. The molecule has 0 aliphatic rings. The van der Waals surface area contributed by atoms with E-state index in [1.54, 1.807) is 0 Å². The maximum Gasteiger partial charge on any atom is 0.417 e. The van der Waals surface area contributed by atoms with Crippen molar-refractivity contribution in [1.82, 2.24) is 4.57 Å². The summed E-state index contributed by atoms with van der Waals surface area (Å²) in [4.78, 5) is 12.8. The summed E-state index contributed by atoms with van der Waals surface area (Å²) < 4.78 is 70.5. The first kappa shape index (κ1) is 23.6. The molecule has 170 valence electrons. The number of aliphatic hydroxyl groups excluding tert-OH is 1. The van der Waals surface area contributed by atoms with Crippen molar-refractivity contribution in [3.63, 3.8) is 0 Å². The summed E-state index contributed by atoms with van der Waals surface area (Å²) in [5.74, 6) is -0.744. The van der Waals surface area contributed by atoms with E-state index in [0.717, 1.165) is 12.3 Å². The van der Waals surface area contributed by atoms with Crippen LogP contribution in [0.4, 0.5) is 13.2 Å². The summed E-state index contributed by atoms with van der Waals surface area (Å²) in [6.45, 7) is 1.12. The zero-order valence-corrected chi connectivity index (χ0v) is 18.0. The summed E-state index contributed by atoms with van der Waals surface area (Å²) in [5, 5.41) is 9.38. The molecule has 0 aliphatic heterocycles. The van der Waals surface area contributed by atoms with Gasteiger partial charge in [-0.15, -0.1) is 0 Å². The molecule has 3 rings (SSSR count). The number of alkyl halides is 3. The quantitative estimate of drug-likeness (QED) is 0.436. The lowest BCUT2D eigenvalue weighted by Gasteiger charge is -2.15. The van der Waals surface area contributed by atoms with E-state index < -0.39 is 27.5 Å². The Balaban J connectivity index is 2.02. The molecule has 2 aromatic carbocycles. The summed E-state index contributed by atoms with van der Waals surface area (Å²) in [6, 6.07) is 10.2. The molecule has 0 saturated carbocycles. The molecule has 0 saturated heterocycles. The molecule has 0 spiro atoms. The van der Waals surface area contributed by atoms with E-state index in [-0.39, 0.29) is 46.2 Å². The van der Waals surface area contributed by atoms with Crippen LogP contribution in [0, 0.1) is 6.92 Å². The predicted molar refractivity (Wildman–Crippen MR) is 111 cm³/mol. The monoisotopic (exact) mass is 467 g/mol. The topological polar surface area (TPSA) is 85.6 Å². The van der Waals surface area contributed by atoms with Gasteiger partial charge in [-0.05, 0) is 42.8 Å². The lowest BCUT2D eigenvalue weighted by atomic mass is 10.00. The van der Waals surface area contributed by atoms with Gasteiger partial charge in [0.05, 0.1) is 28.3 Å². The van der Waals surface area contributed by atoms with E-state index >= 15 is 0 Å². The number of aliphatic hydroxyl groups is 1. The number of aromatic nitrogens is 1. The minimum atomic E-state index is -4.61. The largest absolute Gasteiger partial charge is 0.423 e. The van der Waals surface area contributed by atoms with Crippen LogP contribution in [0.1, 0.15) is 21.5 Å². The zero-order valence-electron chi connectivity index (χ0n) is 17.2. The average Bonchev–Trinajstić information content (AvgIpc) is 3.03. The number of carbonyl (C=O) groups excluding carboxylic acids is 1. The lowest BCUT2D eigenvalue weighted by molar-refractivity contribution is -0.137. The number of hydrogen-bond donors (Lipinski definition) is 1. The van der Waals surface area contributed by atoms with Crippen molar-refractivity contribution < 1.29 is 36.2 Å². The molecule has 6 nitrogen and oxygen atoms in total. The Kier molecular flexibility index (Phi) is 6.47. The second kappa shape index (κ2) is 8.79. The smallest absolute Gasteiger partial charge is 0.417 e. The zero-order chi connectivity index (χ0) is 23.7. The molecule has 0 atom stereocenters. The van der Waals surface area contributed by atoms with Crippen LogP contribution in [-0.4, -0.2) is 36.9 Å². The molecular formula is C22H20F3NO5S. The van der Waals surface area contributed by atoms with Crippen LogP contribution in [0.5, 0.6) is 5.75 Å². The number of ether oxygens (including phenoxy) is 1. The average molecular weight is 467 g/mol. The minimum absolute atomic E-state index is 0.0256. The number of rotatable bonds is 6. The molecule has 0 unspecified atom stereocenters. The number of halogens is 3. The van der Waals surface area contributed by atoms with E-state index in [0.29, 0.717) is 0 Å². The lowest BCUT2D eigenvalue weighted by Crippen LogP contribution is -2.10. The third-order valence-corrected chi connectivity index (χ3v) is 5.97. The van der Waals surface area contributed by atoms with Gasteiger partial charge >= 0.3 is 12.1 Å². The molecule has 0 bridgehead atoms. The van der Waals surface area contributed by atoms with Gasteiger partial charge in [0.1, 0.15) is 5.75 Å². The first-order valence-corrected chi connectivity index (χ1v) is 11.3. The predicted octanol–water partition coefficient (Wildman–Crippen LogP) is 4.10. The van der Waals surface area contributed by atoms with Gasteiger partial charge in [-0.1, -0.05) is 18.2 Å². The van der Waals surface area contributed by atoms with Crippen molar-refractivity contribution in [2.45, 2.75) is 24.5 Å². The van der Waals surface area contributed by atoms with Crippen LogP contribution in [0.25, 0.3) is 11.3 Å². The molecule has 0 fully saturated rings. The van der Waals surface area contributed by atoms with Crippen molar-refractivity contribution in [2.24, 2.45) is 0 Å². The fourth-order valence-corrected chi connectivity index (χ4v) is 3.99. The van der Waals surface area contributed by atoms with Gasteiger partial charge in [-0.3, -0.25) is 0 Å². The van der Waals surface area contributed by atoms with Gasteiger partial charge in [-0.25, -0.2) is 13.2 Å². The molecule has 3 aromatic rings. The number of nitrogens with zero attached hydrogens (tertiary/aromatic N) is 1. The number of esters is 1. The molecule has 0 aliphatic carbocycles. The van der Waals surface area contributed by atoms with Crippen LogP contribution < -0.4 is 4.74 Å². The highest BCUT2D eigenvalue weighted by Crippen LogP contribution is 2.39. The molecule has 0 amide bonds. The second-order valence-electron chi connectivity index (χ2n) is 7.11. The van der Waals surface area contributed by atoms with E-state index in [1.807, 2.05) is 0 Å². The Morgan fingerprint density at radius 3 is 2.28 bits per heavy atom. The van der Waals surface area contributed by atoms with Crippen LogP contribution in [-0.2, 0) is 22.6 Å². The third-order valence-electron chi connectivity index (χ3n) is 4.84. The standard InChI is InChI=1S/C22H20F3NO5S/c1-14-18(21(28)31-15-7-9-16(10-8-15)32(2,29)30)13-26(11-12-27)20(14)17-5-3-4-6-19(17)22(23,24)25/h3-10,13,27H,11-12H2,1-2H3. The van der Waals surface area contributed by atoms with Crippen LogP contribution in [0.3, 0.4) is 0 Å². The fraction of sp³-hybridized carbons (Fsp3) is 0.227. The highest BCUT2D eigenvalue weighted by Gasteiger charge is 2.35. The van der Waals surface area contributed by atoms with Crippen LogP contribution >= 0.6 is 0 Å². The normalized spacial score (nSPS) is 12.1. The molecule has 10 heteroatoms. The van der Waals surface area contributed by atoms with E-state index in [4.69, 9.17) is 4.74 Å². The Hall–Kier alpha value is -3.11. The number of benzene rings is 2. The minimum Gasteiger partial charge on any atom is -0.423 e. The van der Waals surface area contributed by atoms with E-state index in [1.165, 1.54) is 60.2 Å². The Morgan fingerprint density at radius 1 is 1.09 bits per heavy atom. The summed E-state index contributed by atoms with van der Waals surface area (Å²) >= 11 is 0. The van der Waals surface area contributed by atoms with Crippen molar-refractivity contribution in [2.75, 3.05) is 12.9 Å². The highest BCUT2D eigenvalue weighted by atomic mass is 32.2. The SMILES string of the molecule is Cc1c(C(=O)Oc2ccc(S(C)(=O)=O)cc2)cn(CCO)c1-c1ccccc1C(F)(F)F. The van der Waals surface area contributed by atoms with Crippen molar-refractivity contribution in [3.05, 3.63) is 71.4 Å². The van der Waals surface area contributed by atoms with Crippen molar-refractivity contribution in [3.8, 4) is 17.0 Å². The molecular weight excluding hydrogens is 447 g/mol. The van der Waals surface area contributed by atoms with Crippen LogP contribution in [0.15, 0.2) is 59.6 Å². The maximum atomic E-state index is 13.6. The number of sulfone groups is 1. The van der Waals surface area contributed by atoms with Gasteiger partial charge in [0.25, 0.3) is 0 Å². The van der Waals surface area contributed by atoms with Crippen molar-refractivity contribution >= 4 is 15.8 Å². The Morgan fingerprint density at radius 2 is 1.72 bits per heavy atom.